The van der Waals surface area contributed by atoms with Gasteiger partial charge in [-0.25, -0.2) is 0 Å². The van der Waals surface area contributed by atoms with Crippen LogP contribution in [0.1, 0.15) is 24.2 Å². The lowest BCUT2D eigenvalue weighted by Crippen LogP contribution is -2.44. The third-order valence-electron chi connectivity index (χ3n) is 4.38. The number of rotatable bonds is 5. The Balaban J connectivity index is 1.66. The summed E-state index contributed by atoms with van der Waals surface area (Å²) in [5.41, 5.74) is 1.21. The van der Waals surface area contributed by atoms with Crippen LogP contribution in [0.15, 0.2) is 59.2 Å². The fourth-order valence-corrected chi connectivity index (χ4v) is 2.98. The molecule has 1 aliphatic heterocycles. The number of hydrogen-bond donors (Lipinski definition) is 1. The van der Waals surface area contributed by atoms with Crippen LogP contribution >= 0.6 is 0 Å². The molecule has 4 heteroatoms. The largest absolute Gasteiger partial charge is 0.465 e. The fourth-order valence-electron chi connectivity index (χ4n) is 2.98. The van der Waals surface area contributed by atoms with E-state index in [1.54, 1.807) is 18.4 Å². The summed E-state index contributed by atoms with van der Waals surface area (Å²) >= 11 is 0. The van der Waals surface area contributed by atoms with E-state index in [1.807, 2.05) is 24.3 Å². The molecule has 23 heavy (non-hydrogen) atoms. The molecule has 0 bridgehead atoms. The maximum absolute atomic E-state index is 12.1. The molecule has 2 heterocycles. The van der Waals surface area contributed by atoms with Crippen molar-refractivity contribution >= 4 is 12.0 Å². The lowest BCUT2D eigenvalue weighted by Gasteiger charge is -2.37. The summed E-state index contributed by atoms with van der Waals surface area (Å²) in [7, 11) is 0. The van der Waals surface area contributed by atoms with Gasteiger partial charge in [0.05, 0.1) is 6.26 Å². The molecule has 1 fully saturated rings. The summed E-state index contributed by atoms with van der Waals surface area (Å²) in [5, 5.41) is 3.03. The Morgan fingerprint density at radius 2 is 1.91 bits per heavy atom. The maximum Gasteiger partial charge on any atom is 0.244 e. The molecule has 120 valence electrons. The highest BCUT2D eigenvalue weighted by molar-refractivity contribution is 5.91. The third kappa shape index (κ3) is 3.90. The predicted octanol–water partition coefficient (Wildman–Crippen LogP) is 3.16. The molecule has 0 saturated carbocycles. The Kier molecular flexibility index (Phi) is 4.93. The summed E-state index contributed by atoms with van der Waals surface area (Å²) in [5.74, 6) is 0.562. The Bertz CT molecular complexity index is 641. The van der Waals surface area contributed by atoms with Crippen molar-refractivity contribution in [3.8, 4) is 0 Å². The minimum absolute atomic E-state index is 0.0479. The van der Waals surface area contributed by atoms with E-state index in [0.717, 1.165) is 26.1 Å². The van der Waals surface area contributed by atoms with E-state index in [2.05, 4.69) is 17.4 Å². The Morgan fingerprint density at radius 1 is 1.13 bits per heavy atom. The van der Waals surface area contributed by atoms with Gasteiger partial charge in [-0.1, -0.05) is 30.3 Å². The van der Waals surface area contributed by atoms with Crippen LogP contribution in [0.25, 0.3) is 6.08 Å². The highest BCUT2D eigenvalue weighted by Gasteiger charge is 2.34. The van der Waals surface area contributed by atoms with Gasteiger partial charge in [-0.15, -0.1) is 0 Å². The number of hydrogen-bond acceptors (Lipinski definition) is 3. The van der Waals surface area contributed by atoms with Crippen LogP contribution in [-0.4, -0.2) is 25.7 Å². The van der Waals surface area contributed by atoms with Crippen LogP contribution in [0.3, 0.4) is 0 Å². The van der Waals surface area contributed by atoms with Crippen LogP contribution < -0.4 is 5.32 Å². The van der Waals surface area contributed by atoms with E-state index in [-0.39, 0.29) is 11.3 Å². The van der Waals surface area contributed by atoms with Crippen molar-refractivity contribution in [2.75, 3.05) is 19.8 Å². The highest BCUT2D eigenvalue weighted by atomic mass is 16.5. The van der Waals surface area contributed by atoms with Crippen LogP contribution in [0.5, 0.6) is 0 Å². The highest BCUT2D eigenvalue weighted by Crippen LogP contribution is 2.34. The number of nitrogens with one attached hydrogen (secondary N) is 1. The van der Waals surface area contributed by atoms with Crippen LogP contribution in [-0.2, 0) is 14.9 Å². The first-order valence-electron chi connectivity index (χ1n) is 7.91. The predicted molar refractivity (Wildman–Crippen MR) is 88.9 cm³/mol. The number of carbonyl (C=O) groups is 1. The van der Waals surface area contributed by atoms with Gasteiger partial charge in [-0.2, -0.15) is 0 Å². The van der Waals surface area contributed by atoms with Gasteiger partial charge in [-0.05, 0) is 36.6 Å². The maximum atomic E-state index is 12.1. The monoisotopic (exact) mass is 311 g/mol. The van der Waals surface area contributed by atoms with E-state index in [4.69, 9.17) is 9.15 Å². The summed E-state index contributed by atoms with van der Waals surface area (Å²) < 4.78 is 10.7. The van der Waals surface area contributed by atoms with Crippen molar-refractivity contribution in [1.82, 2.24) is 5.32 Å². The van der Waals surface area contributed by atoms with E-state index >= 15 is 0 Å². The van der Waals surface area contributed by atoms with Crippen LogP contribution in [0.4, 0.5) is 0 Å². The Labute approximate surface area is 136 Å². The van der Waals surface area contributed by atoms with Gasteiger partial charge in [-0.3, -0.25) is 4.79 Å². The molecule has 4 nitrogen and oxygen atoms in total. The second-order valence-corrected chi connectivity index (χ2v) is 5.83. The minimum atomic E-state index is -0.108. The number of furan rings is 1. The van der Waals surface area contributed by atoms with Crippen LogP contribution in [0, 0.1) is 0 Å². The number of ether oxygens (including phenoxy) is 1. The van der Waals surface area contributed by atoms with E-state index < -0.39 is 0 Å². The number of carbonyl (C=O) groups excluding carboxylic acids is 1. The molecule has 1 aromatic heterocycles. The molecule has 1 saturated heterocycles. The molecule has 3 rings (SSSR count). The van der Waals surface area contributed by atoms with Gasteiger partial charge in [0.2, 0.25) is 5.91 Å². The quantitative estimate of drug-likeness (QED) is 0.863. The topological polar surface area (TPSA) is 51.5 Å². The van der Waals surface area contributed by atoms with Gasteiger partial charge in [0.25, 0.3) is 0 Å². The third-order valence-corrected chi connectivity index (χ3v) is 4.38. The second-order valence-electron chi connectivity index (χ2n) is 5.83. The molecule has 1 N–H and O–H groups in total. The number of benzene rings is 1. The zero-order chi connectivity index (χ0) is 16.0. The average Bonchev–Trinajstić information content (AvgIpc) is 3.13. The lowest BCUT2D eigenvalue weighted by molar-refractivity contribution is -0.116. The second kappa shape index (κ2) is 7.29. The lowest BCUT2D eigenvalue weighted by atomic mass is 9.74. The first-order chi connectivity index (χ1) is 11.3. The minimum Gasteiger partial charge on any atom is -0.465 e. The summed E-state index contributed by atoms with van der Waals surface area (Å²) in [6, 6.07) is 14.0. The summed E-state index contributed by atoms with van der Waals surface area (Å²) in [6.45, 7) is 2.07. The molecule has 1 aliphatic rings. The van der Waals surface area contributed by atoms with Crippen molar-refractivity contribution < 1.29 is 13.9 Å². The van der Waals surface area contributed by atoms with Gasteiger partial charge >= 0.3 is 0 Å². The molecule has 1 amide bonds. The normalized spacial score (nSPS) is 17.2. The Morgan fingerprint density at radius 3 is 2.61 bits per heavy atom. The SMILES string of the molecule is O=C(/C=C\c1ccco1)NCC1(c2ccccc2)CCOCC1. The summed E-state index contributed by atoms with van der Waals surface area (Å²) in [4.78, 5) is 12.1. The van der Waals surface area contributed by atoms with Crippen molar-refractivity contribution in [3.63, 3.8) is 0 Å². The first kappa shape index (κ1) is 15.6. The number of amides is 1. The van der Waals surface area contributed by atoms with Gasteiger partial charge in [0.15, 0.2) is 0 Å². The average molecular weight is 311 g/mol. The first-order valence-corrected chi connectivity index (χ1v) is 7.91. The molecular formula is C19H21NO3. The molecule has 0 radical (unpaired) electrons. The molecule has 1 aromatic carbocycles. The van der Waals surface area contributed by atoms with Crippen molar-refractivity contribution in [1.29, 1.82) is 0 Å². The molecule has 0 atom stereocenters. The standard InChI is InChI=1S/C19H21NO3/c21-18(9-8-17-7-4-12-23-17)20-15-19(10-13-22-14-11-19)16-5-2-1-3-6-16/h1-9,12H,10-11,13-15H2,(H,20,21)/b9-8-. The van der Waals surface area contributed by atoms with Gasteiger partial charge in [0, 0.05) is 31.2 Å². The van der Waals surface area contributed by atoms with Crippen molar-refractivity contribution in [3.05, 3.63) is 66.1 Å². The van der Waals surface area contributed by atoms with Crippen molar-refractivity contribution in [2.24, 2.45) is 0 Å². The zero-order valence-electron chi connectivity index (χ0n) is 13.0. The molecule has 0 spiro atoms. The van der Waals surface area contributed by atoms with Gasteiger partial charge < -0.3 is 14.5 Å². The van der Waals surface area contributed by atoms with E-state index in [1.165, 1.54) is 11.6 Å². The summed E-state index contributed by atoms with van der Waals surface area (Å²) in [6.07, 6.45) is 6.60. The zero-order valence-corrected chi connectivity index (χ0v) is 13.0. The molecule has 0 unspecified atom stereocenters. The van der Waals surface area contributed by atoms with Crippen molar-refractivity contribution in [2.45, 2.75) is 18.3 Å². The van der Waals surface area contributed by atoms with Gasteiger partial charge in [0.1, 0.15) is 5.76 Å². The molecular weight excluding hydrogens is 290 g/mol. The van der Waals surface area contributed by atoms with Crippen LogP contribution in [0.2, 0.25) is 0 Å². The van der Waals surface area contributed by atoms with E-state index in [0.29, 0.717) is 12.3 Å². The fraction of sp³-hybridized carbons (Fsp3) is 0.316. The Hall–Kier alpha value is -2.33. The molecule has 0 aliphatic carbocycles. The van der Waals surface area contributed by atoms with E-state index in [9.17, 15) is 4.79 Å². The smallest absolute Gasteiger partial charge is 0.244 e. The molecule has 2 aromatic rings.